The van der Waals surface area contributed by atoms with Gasteiger partial charge in [0.1, 0.15) is 5.75 Å². The average Bonchev–Trinajstić information content (AvgIpc) is 3.29. The van der Waals surface area contributed by atoms with Crippen LogP contribution < -0.4 is 10.1 Å². The minimum Gasteiger partial charge on any atom is -0.495 e. The summed E-state index contributed by atoms with van der Waals surface area (Å²) in [5.74, 6) is 0.920. The fourth-order valence-electron chi connectivity index (χ4n) is 5.15. The average molecular weight is 504 g/mol. The number of benzene rings is 1. The standard InChI is InChI=1S/C28H33N5O4/c1-28(17-34)10-6-23-21(28)14-19(16-30-23)22-7-11-29-27(31-22)32-24-5-4-18(15-25(24)37-3)26(35)33-12-8-20(36-2)9-13-33/h4-5,7,11,14-16,20,34H,6,8-10,12-13,17H2,1-3H3,(H,29,31,32). The van der Waals surface area contributed by atoms with Gasteiger partial charge in [0.25, 0.3) is 5.91 Å². The summed E-state index contributed by atoms with van der Waals surface area (Å²) in [4.78, 5) is 28.6. The molecule has 9 heteroatoms. The highest BCUT2D eigenvalue weighted by atomic mass is 16.5. The van der Waals surface area contributed by atoms with Crippen LogP contribution in [0.1, 0.15) is 47.8 Å². The number of carbonyl (C=O) groups is 1. The predicted molar refractivity (Wildman–Crippen MR) is 140 cm³/mol. The lowest BCUT2D eigenvalue weighted by molar-refractivity contribution is 0.0350. The molecule has 0 radical (unpaired) electrons. The van der Waals surface area contributed by atoms with Gasteiger partial charge in [-0.25, -0.2) is 9.97 Å². The minimum absolute atomic E-state index is 0.0170. The zero-order valence-electron chi connectivity index (χ0n) is 21.5. The van der Waals surface area contributed by atoms with E-state index >= 15 is 0 Å². The Hall–Kier alpha value is -3.56. The third-order valence-corrected chi connectivity index (χ3v) is 7.59. The Labute approximate surface area is 216 Å². The van der Waals surface area contributed by atoms with E-state index in [4.69, 9.17) is 14.5 Å². The van der Waals surface area contributed by atoms with Crippen molar-refractivity contribution in [3.8, 4) is 17.0 Å². The molecule has 1 aliphatic heterocycles. The number of likely N-dealkylation sites (tertiary alicyclic amines) is 1. The molecule has 0 spiro atoms. The quantitative estimate of drug-likeness (QED) is 0.502. The van der Waals surface area contributed by atoms with Crippen molar-refractivity contribution in [3.05, 3.63) is 59.5 Å². The van der Waals surface area contributed by atoms with E-state index in [1.807, 2.05) is 23.2 Å². The molecule has 1 unspecified atom stereocenters. The maximum Gasteiger partial charge on any atom is 0.253 e. The topological polar surface area (TPSA) is 110 Å². The Morgan fingerprint density at radius 3 is 2.73 bits per heavy atom. The number of hydrogen-bond acceptors (Lipinski definition) is 8. The summed E-state index contributed by atoms with van der Waals surface area (Å²) in [5, 5.41) is 13.2. The van der Waals surface area contributed by atoms with Crippen molar-refractivity contribution in [1.82, 2.24) is 19.9 Å². The number of methoxy groups -OCH3 is 2. The first-order chi connectivity index (χ1) is 17.9. The molecule has 1 aromatic carbocycles. The van der Waals surface area contributed by atoms with Gasteiger partial charge in [-0.15, -0.1) is 0 Å². The van der Waals surface area contributed by atoms with Gasteiger partial charge < -0.3 is 24.8 Å². The summed E-state index contributed by atoms with van der Waals surface area (Å²) in [5.41, 5.74) is 4.67. The number of nitrogens with zero attached hydrogens (tertiary/aromatic N) is 4. The number of amides is 1. The zero-order valence-corrected chi connectivity index (χ0v) is 21.5. The van der Waals surface area contributed by atoms with Crippen LogP contribution in [-0.4, -0.2) is 70.9 Å². The highest BCUT2D eigenvalue weighted by Crippen LogP contribution is 2.39. The molecule has 37 heavy (non-hydrogen) atoms. The third-order valence-electron chi connectivity index (χ3n) is 7.59. The summed E-state index contributed by atoms with van der Waals surface area (Å²) >= 11 is 0. The predicted octanol–water partition coefficient (Wildman–Crippen LogP) is 3.74. The second-order valence-electron chi connectivity index (χ2n) is 9.97. The van der Waals surface area contributed by atoms with Crippen LogP contribution in [0.3, 0.4) is 0 Å². The first-order valence-corrected chi connectivity index (χ1v) is 12.6. The number of piperidine rings is 1. The molecule has 0 saturated carbocycles. The van der Waals surface area contributed by atoms with Crippen molar-refractivity contribution < 1.29 is 19.4 Å². The fraction of sp³-hybridized carbons (Fsp3) is 0.429. The Kier molecular flexibility index (Phi) is 7.08. The second kappa shape index (κ2) is 10.4. The molecule has 1 aliphatic carbocycles. The van der Waals surface area contributed by atoms with Crippen LogP contribution in [0.2, 0.25) is 0 Å². The second-order valence-corrected chi connectivity index (χ2v) is 9.97. The van der Waals surface area contributed by atoms with Gasteiger partial charge in [-0.3, -0.25) is 9.78 Å². The maximum absolute atomic E-state index is 13.0. The van der Waals surface area contributed by atoms with Crippen LogP contribution >= 0.6 is 0 Å². The van der Waals surface area contributed by atoms with Crippen molar-refractivity contribution in [2.24, 2.45) is 0 Å². The Morgan fingerprint density at radius 1 is 1.19 bits per heavy atom. The summed E-state index contributed by atoms with van der Waals surface area (Å²) in [6, 6.07) is 9.27. The van der Waals surface area contributed by atoms with Crippen molar-refractivity contribution in [2.75, 3.05) is 39.2 Å². The molecule has 1 fully saturated rings. The number of anilines is 2. The van der Waals surface area contributed by atoms with Crippen LogP contribution in [0.15, 0.2) is 42.7 Å². The number of aromatic nitrogens is 3. The summed E-state index contributed by atoms with van der Waals surface area (Å²) < 4.78 is 11.0. The van der Waals surface area contributed by atoms with E-state index in [0.29, 0.717) is 36.0 Å². The van der Waals surface area contributed by atoms with E-state index in [1.165, 1.54) is 0 Å². The fourth-order valence-corrected chi connectivity index (χ4v) is 5.15. The summed E-state index contributed by atoms with van der Waals surface area (Å²) in [6.45, 7) is 3.51. The molecule has 3 heterocycles. The molecule has 9 nitrogen and oxygen atoms in total. The summed E-state index contributed by atoms with van der Waals surface area (Å²) in [6.07, 6.45) is 7.16. The molecule has 194 valence electrons. The lowest BCUT2D eigenvalue weighted by Crippen LogP contribution is -2.40. The van der Waals surface area contributed by atoms with Gasteiger partial charge in [0.05, 0.1) is 31.2 Å². The number of rotatable bonds is 7. The van der Waals surface area contributed by atoms with E-state index in [-0.39, 0.29) is 24.0 Å². The molecule has 2 N–H and O–H groups in total. The van der Waals surface area contributed by atoms with Crippen LogP contribution in [0.5, 0.6) is 5.75 Å². The monoisotopic (exact) mass is 503 g/mol. The number of pyridine rings is 1. The largest absolute Gasteiger partial charge is 0.495 e. The molecule has 5 rings (SSSR count). The van der Waals surface area contributed by atoms with Crippen LogP contribution in [0.25, 0.3) is 11.3 Å². The number of nitrogens with one attached hydrogen (secondary N) is 1. The van der Waals surface area contributed by atoms with Crippen molar-refractivity contribution in [3.63, 3.8) is 0 Å². The third kappa shape index (κ3) is 5.01. The van der Waals surface area contributed by atoms with Gasteiger partial charge in [0, 0.05) is 54.8 Å². The number of ether oxygens (including phenoxy) is 2. The van der Waals surface area contributed by atoms with E-state index < -0.39 is 0 Å². The lowest BCUT2D eigenvalue weighted by Gasteiger charge is -2.31. The van der Waals surface area contributed by atoms with Crippen LogP contribution in [0.4, 0.5) is 11.6 Å². The minimum atomic E-state index is -0.279. The van der Waals surface area contributed by atoms with Crippen LogP contribution in [0, 0.1) is 0 Å². The number of aryl methyl sites for hydroxylation is 1. The molecule has 1 amide bonds. The Balaban J connectivity index is 1.35. The zero-order chi connectivity index (χ0) is 26.0. The normalized spacial score (nSPS) is 19.5. The molecule has 1 saturated heterocycles. The SMILES string of the molecule is COc1cc(C(=O)N2CCC(OC)CC2)ccc1Nc1nccc(-c2cnc3c(c2)C(C)(CO)CC3)n1. The molecular formula is C28H33N5O4. The van der Waals surface area contributed by atoms with E-state index in [2.05, 4.69) is 28.3 Å². The van der Waals surface area contributed by atoms with Crippen LogP contribution in [-0.2, 0) is 16.6 Å². The first kappa shape index (κ1) is 25.1. The van der Waals surface area contributed by atoms with E-state index in [9.17, 15) is 9.90 Å². The van der Waals surface area contributed by atoms with Gasteiger partial charge in [0.15, 0.2) is 0 Å². The van der Waals surface area contributed by atoms with Crippen molar-refractivity contribution in [2.45, 2.75) is 44.1 Å². The molecule has 2 aromatic heterocycles. The lowest BCUT2D eigenvalue weighted by atomic mass is 9.85. The number of hydrogen-bond donors (Lipinski definition) is 2. The Bertz CT molecular complexity index is 1290. The molecule has 2 aliphatic rings. The summed E-state index contributed by atoms with van der Waals surface area (Å²) in [7, 11) is 3.29. The van der Waals surface area contributed by atoms with Crippen molar-refractivity contribution in [1.29, 1.82) is 0 Å². The van der Waals surface area contributed by atoms with Gasteiger partial charge in [-0.2, -0.15) is 0 Å². The van der Waals surface area contributed by atoms with E-state index in [0.717, 1.165) is 48.2 Å². The number of aliphatic hydroxyl groups excluding tert-OH is 1. The molecular weight excluding hydrogens is 470 g/mol. The van der Waals surface area contributed by atoms with Gasteiger partial charge in [0.2, 0.25) is 5.95 Å². The van der Waals surface area contributed by atoms with Gasteiger partial charge in [-0.05, 0) is 61.6 Å². The van der Waals surface area contributed by atoms with Crippen molar-refractivity contribution >= 4 is 17.5 Å². The number of carbonyl (C=O) groups excluding carboxylic acids is 1. The molecule has 3 aromatic rings. The highest BCUT2D eigenvalue weighted by molar-refractivity contribution is 5.95. The van der Waals surface area contributed by atoms with E-state index in [1.54, 1.807) is 32.5 Å². The smallest absolute Gasteiger partial charge is 0.253 e. The number of fused-ring (bicyclic) bond motifs is 1. The first-order valence-electron chi connectivity index (χ1n) is 12.6. The number of aliphatic hydroxyl groups is 1. The van der Waals surface area contributed by atoms with Gasteiger partial charge in [-0.1, -0.05) is 6.92 Å². The Morgan fingerprint density at radius 2 is 2.00 bits per heavy atom. The molecule has 0 bridgehead atoms. The maximum atomic E-state index is 13.0. The highest BCUT2D eigenvalue weighted by Gasteiger charge is 2.35. The molecule has 1 atom stereocenters. The van der Waals surface area contributed by atoms with Gasteiger partial charge >= 0.3 is 0 Å².